The average Bonchev–Trinajstić information content (AvgIpc) is 2.43. The highest BCUT2D eigenvalue weighted by molar-refractivity contribution is 7.99. The zero-order valence-electron chi connectivity index (χ0n) is 13.7. The summed E-state index contributed by atoms with van der Waals surface area (Å²) in [5, 5.41) is 0. The van der Waals surface area contributed by atoms with Gasteiger partial charge in [0.15, 0.2) is 0 Å². The van der Waals surface area contributed by atoms with Crippen LogP contribution in [0.5, 0.6) is 0 Å². The first-order chi connectivity index (χ1) is 8.94. The normalized spacial score (nSPS) is 10.9. The highest BCUT2D eigenvalue weighted by Crippen LogP contribution is 2.07. The predicted molar refractivity (Wildman–Crippen MR) is 92.4 cm³/mol. The van der Waals surface area contributed by atoms with Crippen LogP contribution in [-0.2, 0) is 17.4 Å². The van der Waals surface area contributed by atoms with E-state index < -0.39 is 0 Å². The van der Waals surface area contributed by atoms with E-state index >= 15 is 0 Å². The predicted octanol–water partition coefficient (Wildman–Crippen LogP) is 4.15. The second-order valence-corrected chi connectivity index (χ2v) is 5.85. The maximum absolute atomic E-state index is 5.03. The van der Waals surface area contributed by atoms with Crippen LogP contribution in [0.15, 0.2) is 0 Å². The summed E-state index contributed by atoms with van der Waals surface area (Å²) in [7, 11) is 0. The van der Waals surface area contributed by atoms with Crippen molar-refractivity contribution >= 4 is 29.2 Å². The average molecular weight is 308 g/mol. The molecular formula is C15H33NOS2. The molecule has 0 rings (SSSR count). The van der Waals surface area contributed by atoms with Crippen LogP contribution in [0.1, 0.15) is 54.4 Å². The molecule has 0 aromatic carbocycles. The zero-order valence-corrected chi connectivity index (χ0v) is 15.3. The van der Waals surface area contributed by atoms with Crippen LogP contribution in [0.2, 0.25) is 0 Å². The maximum Gasteiger partial charge on any atom is 0.0886 e. The molecule has 0 spiro atoms. The summed E-state index contributed by atoms with van der Waals surface area (Å²) in [4.78, 5) is 0. The Hall–Kier alpha value is 0.0700. The third kappa shape index (κ3) is 10.5. The standard InChI is InChI=1S/C8H20N.C7H14OS2/c1-5-9(6-2,7-3)8-4;1-3-6(4-2)5-8-7(9)10/h5-8H2,1-4H3;6H,3-5H2,1-2H3,(H,9,10)/q+1;/p-1. The Morgan fingerprint density at radius 1 is 0.947 bits per heavy atom. The number of hydrogen-bond acceptors (Lipinski definition) is 3. The molecule has 0 N–H and O–H groups in total. The highest BCUT2D eigenvalue weighted by atomic mass is 32.1. The molecule has 0 aliphatic heterocycles. The molecule has 0 unspecified atom stereocenters. The van der Waals surface area contributed by atoms with Gasteiger partial charge in [-0.15, -0.1) is 0 Å². The molecule has 0 aliphatic rings. The van der Waals surface area contributed by atoms with Crippen molar-refractivity contribution in [3.8, 4) is 0 Å². The van der Waals surface area contributed by atoms with E-state index in [1.165, 1.54) is 30.7 Å². The second-order valence-electron chi connectivity index (χ2n) is 4.85. The van der Waals surface area contributed by atoms with E-state index in [0.717, 1.165) is 12.8 Å². The van der Waals surface area contributed by atoms with Gasteiger partial charge in [-0.1, -0.05) is 26.7 Å². The minimum absolute atomic E-state index is 0.243. The molecule has 0 radical (unpaired) electrons. The van der Waals surface area contributed by atoms with Crippen LogP contribution in [0.4, 0.5) is 0 Å². The molecule has 0 aromatic rings. The number of thiocarbonyl (C=S) groups is 1. The molecule has 4 heteroatoms. The first kappa shape index (κ1) is 21.4. The monoisotopic (exact) mass is 307 g/mol. The number of ether oxygens (including phenoxy) is 1. The van der Waals surface area contributed by atoms with Gasteiger partial charge >= 0.3 is 0 Å². The summed E-state index contributed by atoms with van der Waals surface area (Å²) in [5.74, 6) is 0.612. The summed E-state index contributed by atoms with van der Waals surface area (Å²) in [6, 6.07) is 0. The van der Waals surface area contributed by atoms with E-state index in [0.29, 0.717) is 12.5 Å². The summed E-state index contributed by atoms with van der Waals surface area (Å²) >= 11 is 9.20. The lowest BCUT2D eigenvalue weighted by Crippen LogP contribution is -2.47. The minimum atomic E-state index is 0.243. The third-order valence-corrected chi connectivity index (χ3v) is 4.51. The molecule has 0 heterocycles. The smallest absolute Gasteiger partial charge is 0.0886 e. The lowest BCUT2D eigenvalue weighted by Gasteiger charge is -2.34. The van der Waals surface area contributed by atoms with Gasteiger partial charge in [0, 0.05) is 4.38 Å². The molecule has 0 atom stereocenters. The van der Waals surface area contributed by atoms with Gasteiger partial charge in [0.2, 0.25) is 0 Å². The lowest BCUT2D eigenvalue weighted by atomic mass is 10.1. The molecule has 0 aromatic heterocycles. The molecule has 19 heavy (non-hydrogen) atoms. The fraction of sp³-hybridized carbons (Fsp3) is 0.933. The minimum Gasteiger partial charge on any atom is -0.513 e. The van der Waals surface area contributed by atoms with Crippen LogP contribution < -0.4 is 0 Å². The van der Waals surface area contributed by atoms with Crippen molar-refractivity contribution in [2.24, 2.45) is 5.92 Å². The lowest BCUT2D eigenvalue weighted by molar-refractivity contribution is -0.921. The summed E-state index contributed by atoms with van der Waals surface area (Å²) in [5.41, 5.74) is 0. The molecule has 0 aliphatic carbocycles. The summed E-state index contributed by atoms with van der Waals surface area (Å²) in [6.07, 6.45) is 2.27. The van der Waals surface area contributed by atoms with Crippen LogP contribution in [0.25, 0.3) is 0 Å². The Morgan fingerprint density at radius 2 is 1.32 bits per heavy atom. The molecule has 0 saturated heterocycles. The van der Waals surface area contributed by atoms with Crippen LogP contribution in [0.3, 0.4) is 0 Å². The van der Waals surface area contributed by atoms with E-state index in [2.05, 4.69) is 66.4 Å². The van der Waals surface area contributed by atoms with Crippen molar-refractivity contribution < 1.29 is 9.22 Å². The maximum atomic E-state index is 5.03. The fourth-order valence-corrected chi connectivity index (χ4v) is 2.19. The van der Waals surface area contributed by atoms with Gasteiger partial charge < -0.3 is 34.1 Å². The van der Waals surface area contributed by atoms with Crippen molar-refractivity contribution in [2.75, 3.05) is 32.8 Å². The van der Waals surface area contributed by atoms with Gasteiger partial charge in [-0.25, -0.2) is 0 Å². The molecule has 2 nitrogen and oxygen atoms in total. The van der Waals surface area contributed by atoms with Gasteiger partial charge in [-0.05, 0) is 33.6 Å². The molecule has 0 saturated carbocycles. The van der Waals surface area contributed by atoms with Crippen molar-refractivity contribution in [1.82, 2.24) is 0 Å². The Morgan fingerprint density at radius 3 is 1.47 bits per heavy atom. The number of nitrogens with zero attached hydrogens (tertiary/aromatic N) is 1. The Labute approximate surface area is 131 Å². The van der Waals surface area contributed by atoms with E-state index in [9.17, 15) is 0 Å². The molecule has 0 amide bonds. The summed E-state index contributed by atoms with van der Waals surface area (Å²) in [6.45, 7) is 19.2. The number of rotatable bonds is 8. The van der Waals surface area contributed by atoms with Gasteiger partial charge in [-0.2, -0.15) is 0 Å². The van der Waals surface area contributed by atoms with E-state index in [1.807, 2.05) is 0 Å². The largest absolute Gasteiger partial charge is 0.513 e. The van der Waals surface area contributed by atoms with Crippen LogP contribution in [0, 0.1) is 5.92 Å². The van der Waals surface area contributed by atoms with Gasteiger partial charge in [-0.3, -0.25) is 0 Å². The van der Waals surface area contributed by atoms with Crippen LogP contribution in [-0.4, -0.2) is 41.7 Å². The fourth-order valence-electron chi connectivity index (χ4n) is 2.05. The number of quaternary nitrogens is 1. The Bertz CT molecular complexity index is 197. The molecule has 116 valence electrons. The third-order valence-electron chi connectivity index (χ3n) is 4.27. The second kappa shape index (κ2) is 13.1. The van der Waals surface area contributed by atoms with Crippen molar-refractivity contribution in [3.63, 3.8) is 0 Å². The molecule has 0 bridgehead atoms. The highest BCUT2D eigenvalue weighted by Gasteiger charge is 2.16. The van der Waals surface area contributed by atoms with Crippen molar-refractivity contribution in [3.05, 3.63) is 0 Å². The van der Waals surface area contributed by atoms with E-state index in [1.54, 1.807) is 0 Å². The Kier molecular flexibility index (Phi) is 14.7. The van der Waals surface area contributed by atoms with Crippen molar-refractivity contribution in [1.29, 1.82) is 0 Å². The zero-order chi connectivity index (χ0) is 15.3. The van der Waals surface area contributed by atoms with E-state index in [-0.39, 0.29) is 4.38 Å². The van der Waals surface area contributed by atoms with Gasteiger partial charge in [0.1, 0.15) is 0 Å². The first-order valence-electron chi connectivity index (χ1n) is 7.63. The molecular weight excluding hydrogens is 274 g/mol. The van der Waals surface area contributed by atoms with Gasteiger partial charge in [0.05, 0.1) is 32.8 Å². The first-order valence-corrected chi connectivity index (χ1v) is 8.45. The van der Waals surface area contributed by atoms with Crippen LogP contribution >= 0.6 is 12.2 Å². The van der Waals surface area contributed by atoms with Gasteiger partial charge in [0.25, 0.3) is 0 Å². The molecule has 0 fully saturated rings. The summed E-state index contributed by atoms with van der Waals surface area (Å²) < 4.78 is 6.55. The number of hydrogen-bond donors (Lipinski definition) is 0. The van der Waals surface area contributed by atoms with E-state index in [4.69, 9.17) is 4.74 Å². The van der Waals surface area contributed by atoms with Crippen molar-refractivity contribution in [2.45, 2.75) is 54.4 Å². The Balaban J connectivity index is 0. The SMILES string of the molecule is CCC(CC)COC(=S)[S-].CC[N+](CC)(CC)CC. The quantitative estimate of drug-likeness (QED) is 0.379. The topological polar surface area (TPSA) is 9.23 Å².